The highest BCUT2D eigenvalue weighted by Gasteiger charge is 2.29. The monoisotopic (exact) mass is 304 g/mol. The van der Waals surface area contributed by atoms with Gasteiger partial charge in [0, 0.05) is 18.5 Å². The molecule has 4 heteroatoms. The summed E-state index contributed by atoms with van der Waals surface area (Å²) in [5.41, 5.74) is 0.897. The van der Waals surface area contributed by atoms with Crippen LogP contribution in [0.3, 0.4) is 0 Å². The Hall–Kier alpha value is -1.36. The van der Waals surface area contributed by atoms with Crippen LogP contribution in [-0.2, 0) is 0 Å². The molecular weight excluding hydrogens is 276 g/mol. The lowest BCUT2D eigenvalue weighted by molar-refractivity contribution is 0.119. The topological polar surface area (TPSA) is 48.6 Å². The molecule has 2 unspecified atom stereocenters. The fourth-order valence-corrected chi connectivity index (χ4v) is 2.72. The molecule has 0 fully saturated rings. The van der Waals surface area contributed by atoms with E-state index in [1.54, 1.807) is 0 Å². The molecule has 2 aromatic rings. The Balaban J connectivity index is 2.16. The average molecular weight is 304 g/mol. The molecule has 2 N–H and O–H groups in total. The fraction of sp³-hybridized carbons (Fsp3) is 0.556. The normalized spacial score (nSPS) is 15.4. The number of likely N-dealkylation sites (N-methyl/N-ethyl adjacent to an activating group) is 1. The summed E-state index contributed by atoms with van der Waals surface area (Å²) in [6.07, 6.45) is -0.399. The summed E-state index contributed by atoms with van der Waals surface area (Å²) < 4.78 is 6.02. The molecule has 0 radical (unpaired) electrons. The van der Waals surface area contributed by atoms with Gasteiger partial charge in [0.05, 0.1) is 12.1 Å². The third kappa shape index (κ3) is 4.32. The van der Waals surface area contributed by atoms with Gasteiger partial charge in [0.2, 0.25) is 0 Å². The van der Waals surface area contributed by atoms with Crippen LogP contribution in [0.25, 0.3) is 11.0 Å². The van der Waals surface area contributed by atoms with Crippen LogP contribution in [0.4, 0.5) is 0 Å². The summed E-state index contributed by atoms with van der Waals surface area (Å²) in [6, 6.07) is 10.2. The van der Waals surface area contributed by atoms with Crippen molar-refractivity contribution >= 4 is 11.0 Å². The number of fused-ring (bicyclic) bond motifs is 1. The second-order valence-electron chi connectivity index (χ2n) is 7.31. The lowest BCUT2D eigenvalue weighted by Gasteiger charge is -2.31. The van der Waals surface area contributed by atoms with Gasteiger partial charge in [0.15, 0.2) is 0 Å². The molecule has 0 saturated carbocycles. The number of aliphatic hydroxyl groups is 1. The smallest absolute Gasteiger partial charge is 0.134 e. The predicted octanol–water partition coefficient (Wildman–Crippen LogP) is 3.03. The maximum Gasteiger partial charge on any atom is 0.134 e. The van der Waals surface area contributed by atoms with Gasteiger partial charge in [0.25, 0.3) is 0 Å². The lowest BCUT2D eigenvalue weighted by Crippen LogP contribution is -2.40. The number of nitrogens with one attached hydrogen (secondary N) is 1. The van der Waals surface area contributed by atoms with E-state index in [9.17, 15) is 5.11 Å². The molecule has 0 spiro atoms. The predicted molar refractivity (Wildman–Crippen MR) is 91.0 cm³/mol. The first-order valence-electron chi connectivity index (χ1n) is 7.82. The zero-order chi connectivity index (χ0) is 16.3. The van der Waals surface area contributed by atoms with E-state index < -0.39 is 6.10 Å². The Morgan fingerprint density at radius 3 is 2.50 bits per heavy atom. The largest absolute Gasteiger partial charge is 0.459 e. The quantitative estimate of drug-likeness (QED) is 0.861. The van der Waals surface area contributed by atoms with Gasteiger partial charge in [-0.05, 0) is 31.6 Å². The van der Waals surface area contributed by atoms with Crippen LogP contribution in [0, 0.1) is 5.41 Å². The third-order valence-electron chi connectivity index (χ3n) is 3.73. The molecule has 1 aromatic carbocycles. The highest BCUT2D eigenvalue weighted by Crippen LogP contribution is 2.35. The van der Waals surface area contributed by atoms with Gasteiger partial charge in [-0.3, -0.25) is 0 Å². The third-order valence-corrected chi connectivity index (χ3v) is 3.73. The van der Waals surface area contributed by atoms with Crippen molar-refractivity contribution in [1.82, 2.24) is 10.2 Å². The van der Waals surface area contributed by atoms with E-state index in [2.05, 4.69) is 38.2 Å². The number of hydrogen-bond donors (Lipinski definition) is 2. The van der Waals surface area contributed by atoms with Gasteiger partial charge in [-0.15, -0.1) is 0 Å². The standard InChI is InChI=1S/C18H28N2O2/c1-18(2,3)17(19-11-14(21)12-20(4)5)16-10-13-8-6-7-9-15(13)22-16/h6-10,14,17,19,21H,11-12H2,1-5H3. The van der Waals surface area contributed by atoms with Gasteiger partial charge < -0.3 is 19.7 Å². The van der Waals surface area contributed by atoms with Crippen molar-refractivity contribution in [2.45, 2.75) is 32.9 Å². The maximum atomic E-state index is 10.1. The van der Waals surface area contributed by atoms with Gasteiger partial charge in [-0.1, -0.05) is 39.0 Å². The summed E-state index contributed by atoms with van der Waals surface area (Å²) in [5, 5.41) is 14.7. The molecule has 4 nitrogen and oxygen atoms in total. The van der Waals surface area contributed by atoms with Crippen LogP contribution in [0.15, 0.2) is 34.7 Å². The van der Waals surface area contributed by atoms with Crippen LogP contribution >= 0.6 is 0 Å². The first kappa shape index (κ1) is 17.0. The lowest BCUT2D eigenvalue weighted by atomic mass is 9.85. The second kappa shape index (κ2) is 6.82. The van der Waals surface area contributed by atoms with Crippen molar-refractivity contribution in [3.05, 3.63) is 36.1 Å². The number of furan rings is 1. The van der Waals surface area contributed by atoms with Crippen LogP contribution < -0.4 is 5.32 Å². The van der Waals surface area contributed by atoms with Crippen molar-refractivity contribution in [2.24, 2.45) is 5.41 Å². The van der Waals surface area contributed by atoms with Crippen LogP contribution in [0.1, 0.15) is 32.6 Å². The molecule has 2 rings (SSSR count). The summed E-state index contributed by atoms with van der Waals surface area (Å²) in [7, 11) is 3.92. The highest BCUT2D eigenvalue weighted by molar-refractivity contribution is 5.77. The number of para-hydroxylation sites is 1. The summed E-state index contributed by atoms with van der Waals surface area (Å²) in [4.78, 5) is 1.99. The van der Waals surface area contributed by atoms with Crippen LogP contribution in [0.5, 0.6) is 0 Å². The maximum absolute atomic E-state index is 10.1. The minimum atomic E-state index is -0.399. The molecule has 0 amide bonds. The van der Waals surface area contributed by atoms with Crippen molar-refractivity contribution < 1.29 is 9.52 Å². The Morgan fingerprint density at radius 1 is 1.23 bits per heavy atom. The number of aliphatic hydroxyl groups excluding tert-OH is 1. The second-order valence-corrected chi connectivity index (χ2v) is 7.31. The van der Waals surface area contributed by atoms with Crippen molar-refractivity contribution in [2.75, 3.05) is 27.2 Å². The first-order chi connectivity index (χ1) is 10.3. The van der Waals surface area contributed by atoms with Crippen LogP contribution in [-0.4, -0.2) is 43.3 Å². The van der Waals surface area contributed by atoms with E-state index in [0.717, 1.165) is 16.7 Å². The molecule has 0 bridgehead atoms. The van der Waals surface area contributed by atoms with Crippen molar-refractivity contribution in [3.8, 4) is 0 Å². The highest BCUT2D eigenvalue weighted by atomic mass is 16.3. The Labute approximate surface area is 133 Å². The van der Waals surface area contributed by atoms with E-state index in [-0.39, 0.29) is 11.5 Å². The Morgan fingerprint density at radius 2 is 1.91 bits per heavy atom. The van der Waals surface area contributed by atoms with E-state index in [4.69, 9.17) is 4.42 Å². The average Bonchev–Trinajstić information content (AvgIpc) is 2.79. The molecule has 0 aliphatic carbocycles. The Bertz CT molecular complexity index is 565. The molecule has 22 heavy (non-hydrogen) atoms. The summed E-state index contributed by atoms with van der Waals surface area (Å²) >= 11 is 0. The fourth-order valence-electron chi connectivity index (χ4n) is 2.72. The van der Waals surface area contributed by atoms with Gasteiger partial charge in [0.1, 0.15) is 11.3 Å². The summed E-state index contributed by atoms with van der Waals surface area (Å²) in [5.74, 6) is 0.922. The number of benzene rings is 1. The zero-order valence-corrected chi connectivity index (χ0v) is 14.3. The van der Waals surface area contributed by atoms with Crippen molar-refractivity contribution in [1.29, 1.82) is 0 Å². The number of rotatable bonds is 6. The number of hydrogen-bond acceptors (Lipinski definition) is 4. The van der Waals surface area contributed by atoms with Gasteiger partial charge >= 0.3 is 0 Å². The molecule has 1 heterocycles. The van der Waals surface area contributed by atoms with Crippen LogP contribution in [0.2, 0.25) is 0 Å². The molecule has 0 aliphatic rings. The molecule has 0 aliphatic heterocycles. The zero-order valence-electron chi connectivity index (χ0n) is 14.3. The van der Waals surface area contributed by atoms with E-state index in [1.165, 1.54) is 0 Å². The first-order valence-corrected chi connectivity index (χ1v) is 7.82. The molecule has 122 valence electrons. The van der Waals surface area contributed by atoms with Gasteiger partial charge in [-0.25, -0.2) is 0 Å². The summed E-state index contributed by atoms with van der Waals surface area (Å²) in [6.45, 7) is 7.71. The molecule has 0 saturated heterocycles. The molecule has 1 aromatic heterocycles. The van der Waals surface area contributed by atoms with E-state index >= 15 is 0 Å². The molecular formula is C18H28N2O2. The van der Waals surface area contributed by atoms with Crippen molar-refractivity contribution in [3.63, 3.8) is 0 Å². The minimum Gasteiger partial charge on any atom is -0.459 e. The number of nitrogens with zero attached hydrogens (tertiary/aromatic N) is 1. The SMILES string of the molecule is CN(C)CC(O)CNC(c1cc2ccccc2o1)C(C)(C)C. The molecule has 2 atom stereocenters. The minimum absolute atomic E-state index is 0.00822. The van der Waals surface area contributed by atoms with E-state index in [1.807, 2.05) is 37.2 Å². The van der Waals surface area contributed by atoms with E-state index in [0.29, 0.717) is 13.1 Å². The van der Waals surface area contributed by atoms with Gasteiger partial charge in [-0.2, -0.15) is 0 Å². The Kier molecular flexibility index (Phi) is 5.27.